The van der Waals surface area contributed by atoms with Gasteiger partial charge in [0.05, 0.1) is 11.1 Å². The number of piperidine rings is 1. The molecule has 0 radical (unpaired) electrons. The van der Waals surface area contributed by atoms with E-state index in [-0.39, 0.29) is 17.6 Å². The number of aromatic nitrogens is 1. The van der Waals surface area contributed by atoms with Crippen LogP contribution in [0.5, 0.6) is 0 Å². The van der Waals surface area contributed by atoms with Gasteiger partial charge in [0, 0.05) is 31.7 Å². The maximum Gasteiger partial charge on any atom is 0.287 e. The first kappa shape index (κ1) is 15.5. The quantitative estimate of drug-likeness (QED) is 0.674. The topological polar surface area (TPSA) is 94.4 Å². The van der Waals surface area contributed by atoms with Crippen molar-refractivity contribution in [3.63, 3.8) is 0 Å². The minimum Gasteiger partial charge on any atom is -0.337 e. The van der Waals surface area contributed by atoms with Gasteiger partial charge in [0.1, 0.15) is 5.69 Å². The molecule has 1 amide bonds. The Labute approximate surface area is 123 Å². The summed E-state index contributed by atoms with van der Waals surface area (Å²) in [7, 11) is 0. The molecule has 0 spiro atoms. The van der Waals surface area contributed by atoms with Gasteiger partial charge in [-0.2, -0.15) is 0 Å². The first-order valence-corrected chi connectivity index (χ1v) is 7.33. The van der Waals surface area contributed by atoms with E-state index < -0.39 is 4.92 Å². The van der Waals surface area contributed by atoms with Crippen molar-refractivity contribution < 1.29 is 9.72 Å². The Morgan fingerprint density at radius 2 is 2.14 bits per heavy atom. The fourth-order valence-corrected chi connectivity index (χ4v) is 2.83. The molecule has 1 unspecified atom stereocenters. The molecule has 1 fully saturated rings. The number of carbonyl (C=O) groups excluding carboxylic acids is 1. The fraction of sp³-hybridized carbons (Fsp3) is 0.643. The highest BCUT2D eigenvalue weighted by Gasteiger charge is 2.28. The number of nitro groups is 1. The molecule has 1 aliphatic rings. The number of nitrogens with two attached hydrogens (primary N) is 1. The van der Waals surface area contributed by atoms with Gasteiger partial charge in [0.15, 0.2) is 0 Å². The molecule has 0 aromatic carbocycles. The number of nitrogens with zero attached hydrogens (tertiary/aromatic N) is 3. The zero-order chi connectivity index (χ0) is 15.6. The SMILES string of the molecule is CCn1cc([N+](=O)[O-])cc1C(=O)N1CCC(C(C)N)CC1. The summed E-state index contributed by atoms with van der Waals surface area (Å²) >= 11 is 0. The lowest BCUT2D eigenvalue weighted by Gasteiger charge is -2.33. The normalized spacial score (nSPS) is 17.8. The van der Waals surface area contributed by atoms with E-state index in [1.54, 1.807) is 9.47 Å². The molecular formula is C14H22N4O3. The van der Waals surface area contributed by atoms with E-state index in [0.29, 0.717) is 31.2 Å². The van der Waals surface area contributed by atoms with Gasteiger partial charge in [-0.15, -0.1) is 0 Å². The second kappa shape index (κ2) is 6.26. The predicted molar refractivity (Wildman–Crippen MR) is 79.0 cm³/mol. The zero-order valence-electron chi connectivity index (χ0n) is 12.5. The lowest BCUT2D eigenvalue weighted by Crippen LogP contribution is -2.43. The van der Waals surface area contributed by atoms with Gasteiger partial charge in [-0.3, -0.25) is 14.9 Å². The zero-order valence-corrected chi connectivity index (χ0v) is 12.5. The van der Waals surface area contributed by atoms with Crippen LogP contribution in [0.1, 0.15) is 37.2 Å². The van der Waals surface area contributed by atoms with Crippen molar-refractivity contribution in [2.45, 2.75) is 39.3 Å². The van der Waals surface area contributed by atoms with Crippen molar-refractivity contribution >= 4 is 11.6 Å². The number of hydrogen-bond acceptors (Lipinski definition) is 4. The van der Waals surface area contributed by atoms with Gasteiger partial charge in [0.25, 0.3) is 11.6 Å². The maximum atomic E-state index is 12.5. The minimum atomic E-state index is -0.467. The van der Waals surface area contributed by atoms with Crippen LogP contribution in [0, 0.1) is 16.0 Å². The van der Waals surface area contributed by atoms with Crippen molar-refractivity contribution in [1.29, 1.82) is 0 Å². The largest absolute Gasteiger partial charge is 0.337 e. The second-order valence-corrected chi connectivity index (χ2v) is 5.62. The third kappa shape index (κ3) is 3.24. The first-order valence-electron chi connectivity index (χ1n) is 7.33. The number of hydrogen-bond donors (Lipinski definition) is 1. The molecule has 21 heavy (non-hydrogen) atoms. The molecule has 1 saturated heterocycles. The first-order chi connectivity index (χ1) is 9.93. The monoisotopic (exact) mass is 294 g/mol. The minimum absolute atomic E-state index is 0.0364. The van der Waals surface area contributed by atoms with E-state index in [0.717, 1.165) is 12.8 Å². The van der Waals surface area contributed by atoms with Gasteiger partial charge in [0.2, 0.25) is 0 Å². The van der Waals surface area contributed by atoms with Gasteiger partial charge >= 0.3 is 0 Å². The molecule has 1 aromatic rings. The van der Waals surface area contributed by atoms with E-state index >= 15 is 0 Å². The molecule has 0 aliphatic carbocycles. The molecule has 1 aliphatic heterocycles. The van der Waals surface area contributed by atoms with E-state index in [2.05, 4.69) is 0 Å². The summed E-state index contributed by atoms with van der Waals surface area (Å²) in [5.74, 6) is 0.314. The summed E-state index contributed by atoms with van der Waals surface area (Å²) in [6.07, 6.45) is 3.19. The molecule has 1 aromatic heterocycles. The van der Waals surface area contributed by atoms with E-state index in [4.69, 9.17) is 5.73 Å². The predicted octanol–water partition coefficient (Wildman–Crippen LogP) is 1.62. The molecule has 2 N–H and O–H groups in total. The third-order valence-corrected chi connectivity index (χ3v) is 4.22. The van der Waals surface area contributed by atoms with E-state index in [9.17, 15) is 14.9 Å². The molecule has 0 saturated carbocycles. The van der Waals surface area contributed by atoms with Gasteiger partial charge in [-0.25, -0.2) is 0 Å². The summed E-state index contributed by atoms with van der Waals surface area (Å²) in [4.78, 5) is 24.7. The van der Waals surface area contributed by atoms with Crippen molar-refractivity contribution in [2.24, 2.45) is 11.7 Å². The fourth-order valence-electron chi connectivity index (χ4n) is 2.83. The highest BCUT2D eigenvalue weighted by Crippen LogP contribution is 2.23. The van der Waals surface area contributed by atoms with Crippen LogP contribution in [0.3, 0.4) is 0 Å². The number of amides is 1. The standard InChI is InChI=1S/C14H22N4O3/c1-3-16-9-12(18(20)21)8-13(16)14(19)17-6-4-11(5-7-17)10(2)15/h8-11H,3-7,15H2,1-2H3. The van der Waals surface area contributed by atoms with Crippen molar-refractivity contribution in [3.05, 3.63) is 28.1 Å². The Morgan fingerprint density at radius 3 is 2.62 bits per heavy atom. The smallest absolute Gasteiger partial charge is 0.287 e. The lowest BCUT2D eigenvalue weighted by molar-refractivity contribution is -0.384. The number of carbonyl (C=O) groups is 1. The van der Waals surface area contributed by atoms with Gasteiger partial charge < -0.3 is 15.2 Å². The number of aryl methyl sites for hydroxylation is 1. The average Bonchev–Trinajstić information content (AvgIpc) is 2.91. The Bertz CT molecular complexity index is 530. The molecular weight excluding hydrogens is 272 g/mol. The molecule has 0 bridgehead atoms. The number of likely N-dealkylation sites (tertiary alicyclic amines) is 1. The van der Waals surface area contributed by atoms with Crippen LogP contribution < -0.4 is 5.73 Å². The Balaban J connectivity index is 2.12. The van der Waals surface area contributed by atoms with Crippen molar-refractivity contribution in [1.82, 2.24) is 9.47 Å². The summed E-state index contributed by atoms with van der Waals surface area (Å²) < 4.78 is 1.64. The van der Waals surface area contributed by atoms with Crippen LogP contribution in [0.4, 0.5) is 5.69 Å². The molecule has 7 heteroatoms. The molecule has 7 nitrogen and oxygen atoms in total. The summed E-state index contributed by atoms with van der Waals surface area (Å²) in [6, 6.07) is 1.51. The van der Waals surface area contributed by atoms with Crippen LogP contribution in [-0.4, -0.2) is 39.4 Å². The van der Waals surface area contributed by atoms with E-state index in [1.165, 1.54) is 12.3 Å². The molecule has 2 heterocycles. The lowest BCUT2D eigenvalue weighted by atomic mass is 9.91. The van der Waals surface area contributed by atoms with Gasteiger partial charge in [-0.05, 0) is 32.6 Å². The summed E-state index contributed by atoms with van der Waals surface area (Å²) in [5.41, 5.74) is 6.26. The molecule has 1 atom stereocenters. The average molecular weight is 294 g/mol. The van der Waals surface area contributed by atoms with Crippen LogP contribution in [0.2, 0.25) is 0 Å². The Morgan fingerprint density at radius 1 is 1.52 bits per heavy atom. The van der Waals surface area contributed by atoms with Crippen LogP contribution in [0.15, 0.2) is 12.3 Å². The van der Waals surface area contributed by atoms with Crippen LogP contribution in [-0.2, 0) is 6.54 Å². The number of rotatable bonds is 4. The third-order valence-electron chi connectivity index (χ3n) is 4.22. The van der Waals surface area contributed by atoms with Gasteiger partial charge in [-0.1, -0.05) is 0 Å². The summed E-state index contributed by atoms with van der Waals surface area (Å²) in [5, 5.41) is 10.9. The maximum absolute atomic E-state index is 12.5. The molecule has 116 valence electrons. The molecule has 2 rings (SSSR count). The van der Waals surface area contributed by atoms with Crippen LogP contribution >= 0.6 is 0 Å². The summed E-state index contributed by atoms with van der Waals surface area (Å²) in [6.45, 7) is 5.71. The highest BCUT2D eigenvalue weighted by atomic mass is 16.6. The van der Waals surface area contributed by atoms with E-state index in [1.807, 2.05) is 13.8 Å². The van der Waals surface area contributed by atoms with Crippen molar-refractivity contribution in [2.75, 3.05) is 13.1 Å². The van der Waals surface area contributed by atoms with Crippen molar-refractivity contribution in [3.8, 4) is 0 Å². The highest BCUT2D eigenvalue weighted by molar-refractivity contribution is 5.93. The second-order valence-electron chi connectivity index (χ2n) is 5.62. The van der Waals surface area contributed by atoms with Crippen LogP contribution in [0.25, 0.3) is 0 Å². The Kier molecular flexibility index (Phi) is 4.62. The Hall–Kier alpha value is -1.89.